The van der Waals surface area contributed by atoms with Crippen LogP contribution in [0, 0.1) is 5.92 Å². The third-order valence-corrected chi connectivity index (χ3v) is 7.20. The van der Waals surface area contributed by atoms with Gasteiger partial charge in [0.2, 0.25) is 0 Å². The summed E-state index contributed by atoms with van der Waals surface area (Å²) in [6.45, 7) is 7.47. The van der Waals surface area contributed by atoms with Crippen molar-refractivity contribution in [2.45, 2.75) is 52.1 Å². The van der Waals surface area contributed by atoms with Crippen LogP contribution in [0.4, 0.5) is 0 Å². The van der Waals surface area contributed by atoms with Crippen molar-refractivity contribution in [2.24, 2.45) is 5.92 Å². The molecule has 0 aromatic heterocycles. The van der Waals surface area contributed by atoms with Gasteiger partial charge in [-0.15, -0.1) is 0 Å². The first-order chi connectivity index (χ1) is 15.2. The van der Waals surface area contributed by atoms with Crippen LogP contribution in [0.2, 0.25) is 0 Å². The molecule has 4 nitrogen and oxygen atoms in total. The van der Waals surface area contributed by atoms with Gasteiger partial charge in [-0.2, -0.15) is 0 Å². The lowest BCUT2D eigenvalue weighted by atomic mass is 9.84. The summed E-state index contributed by atoms with van der Waals surface area (Å²) in [4.78, 5) is 2.62. The first kappa shape index (κ1) is 20.4. The Kier molecular flexibility index (Phi) is 5.43. The largest absolute Gasteiger partial charge is 0.493 e. The van der Waals surface area contributed by atoms with Gasteiger partial charge in [-0.1, -0.05) is 19.9 Å². The lowest BCUT2D eigenvalue weighted by Crippen LogP contribution is -2.39. The second-order valence-electron chi connectivity index (χ2n) is 9.00. The van der Waals surface area contributed by atoms with Gasteiger partial charge in [-0.25, -0.2) is 0 Å². The van der Waals surface area contributed by atoms with E-state index >= 15 is 0 Å². The van der Waals surface area contributed by atoms with E-state index in [0.717, 1.165) is 55.7 Å². The summed E-state index contributed by atoms with van der Waals surface area (Å²) in [6, 6.07) is 11.6. The molecule has 1 atom stereocenters. The molecule has 0 N–H and O–H groups in total. The Morgan fingerprint density at radius 2 is 1.58 bits per heavy atom. The molecule has 0 saturated heterocycles. The fraction of sp³-hybridized carbons (Fsp3) is 0.481. The number of likely N-dealkylation sites (N-methyl/N-ethyl adjacent to an activating group) is 1. The maximum absolute atomic E-state index is 6.14. The van der Waals surface area contributed by atoms with E-state index in [1.54, 1.807) is 14.2 Å². The van der Waals surface area contributed by atoms with Gasteiger partial charge in [-0.3, -0.25) is 4.90 Å². The smallest absolute Gasteiger partial charge is 0.161 e. The summed E-state index contributed by atoms with van der Waals surface area (Å²) in [5, 5.41) is 5.09. The van der Waals surface area contributed by atoms with Gasteiger partial charge < -0.3 is 14.2 Å². The van der Waals surface area contributed by atoms with Crippen molar-refractivity contribution in [3.05, 3.63) is 41.5 Å². The second kappa shape index (κ2) is 8.23. The van der Waals surface area contributed by atoms with Crippen molar-refractivity contribution in [3.8, 4) is 17.2 Å². The van der Waals surface area contributed by atoms with Crippen LogP contribution < -0.4 is 14.2 Å². The molecule has 31 heavy (non-hydrogen) atoms. The van der Waals surface area contributed by atoms with Crippen molar-refractivity contribution in [2.75, 3.05) is 27.4 Å². The van der Waals surface area contributed by atoms with Gasteiger partial charge in [0.25, 0.3) is 0 Å². The summed E-state index contributed by atoms with van der Waals surface area (Å²) < 4.78 is 17.5. The van der Waals surface area contributed by atoms with E-state index < -0.39 is 0 Å². The highest BCUT2D eigenvalue weighted by molar-refractivity contribution is 6.12. The molecule has 5 rings (SSSR count). The third kappa shape index (κ3) is 3.61. The second-order valence-corrected chi connectivity index (χ2v) is 9.00. The molecule has 3 aromatic rings. The fourth-order valence-electron chi connectivity index (χ4n) is 5.16. The minimum Gasteiger partial charge on any atom is -0.493 e. The monoisotopic (exact) mass is 419 g/mol. The number of hydrogen-bond donors (Lipinski definition) is 0. The van der Waals surface area contributed by atoms with Crippen molar-refractivity contribution >= 4 is 21.5 Å². The Balaban J connectivity index is 1.75. The molecule has 0 spiro atoms. The summed E-state index contributed by atoms with van der Waals surface area (Å²) in [7, 11) is 3.43. The number of rotatable bonds is 7. The highest BCUT2D eigenvalue weighted by Crippen LogP contribution is 2.43. The van der Waals surface area contributed by atoms with E-state index in [9.17, 15) is 0 Å². The summed E-state index contributed by atoms with van der Waals surface area (Å²) in [5.41, 5.74) is 2.92. The van der Waals surface area contributed by atoms with Crippen LogP contribution in [0.5, 0.6) is 17.2 Å². The van der Waals surface area contributed by atoms with Crippen molar-refractivity contribution in [1.29, 1.82) is 0 Å². The van der Waals surface area contributed by atoms with E-state index in [2.05, 4.69) is 49.1 Å². The summed E-state index contributed by atoms with van der Waals surface area (Å²) >= 11 is 0. The van der Waals surface area contributed by atoms with E-state index in [0.29, 0.717) is 6.04 Å². The SMILES string of the molecule is CCC1Cc2c(c3ccc(OCC4CC4)cc3c3cc(OC)c(OC)cc23)CN1CC. The predicted octanol–water partition coefficient (Wildman–Crippen LogP) is 5.96. The third-order valence-electron chi connectivity index (χ3n) is 7.20. The average Bonchev–Trinajstić information content (AvgIpc) is 3.65. The highest BCUT2D eigenvalue weighted by atomic mass is 16.5. The van der Waals surface area contributed by atoms with Crippen molar-refractivity contribution in [3.63, 3.8) is 0 Å². The van der Waals surface area contributed by atoms with Crippen LogP contribution in [0.25, 0.3) is 21.5 Å². The Morgan fingerprint density at radius 3 is 2.23 bits per heavy atom. The molecule has 164 valence electrons. The Hall–Kier alpha value is -2.46. The van der Waals surface area contributed by atoms with Gasteiger partial charge in [0.1, 0.15) is 5.75 Å². The zero-order valence-corrected chi connectivity index (χ0v) is 19.2. The molecule has 1 saturated carbocycles. The number of ether oxygens (including phenoxy) is 3. The molecule has 0 amide bonds. The molecular formula is C27H33NO3. The molecule has 2 aliphatic rings. The molecule has 1 aliphatic heterocycles. The van der Waals surface area contributed by atoms with Crippen LogP contribution in [-0.4, -0.2) is 38.3 Å². The zero-order chi connectivity index (χ0) is 21.5. The summed E-state index contributed by atoms with van der Waals surface area (Å²) in [5.74, 6) is 3.27. The van der Waals surface area contributed by atoms with Gasteiger partial charge in [0, 0.05) is 12.6 Å². The van der Waals surface area contributed by atoms with E-state index in [1.165, 1.54) is 45.5 Å². The first-order valence-electron chi connectivity index (χ1n) is 11.7. The van der Waals surface area contributed by atoms with Crippen LogP contribution in [-0.2, 0) is 13.0 Å². The number of nitrogens with zero attached hydrogens (tertiary/aromatic N) is 1. The van der Waals surface area contributed by atoms with E-state index in [1.807, 2.05) is 0 Å². The topological polar surface area (TPSA) is 30.9 Å². The molecule has 0 radical (unpaired) electrons. The molecule has 0 bridgehead atoms. The van der Waals surface area contributed by atoms with Crippen LogP contribution in [0.1, 0.15) is 44.2 Å². The number of benzene rings is 3. The minimum absolute atomic E-state index is 0.576. The zero-order valence-electron chi connectivity index (χ0n) is 19.2. The standard InChI is InChI=1S/C27H33NO3/c1-5-18-11-21-23-13-26(29-3)27(30-4)14-24(23)22-12-19(31-16-17-7-8-17)9-10-20(22)25(21)15-28(18)6-2/h9-10,12-14,17-18H,5-8,11,15-16H2,1-4H3. The van der Waals surface area contributed by atoms with E-state index in [-0.39, 0.29) is 0 Å². The average molecular weight is 420 g/mol. The molecule has 3 aromatic carbocycles. The Labute approximate surface area is 185 Å². The van der Waals surface area contributed by atoms with Gasteiger partial charge in [0.15, 0.2) is 11.5 Å². The van der Waals surface area contributed by atoms with Crippen molar-refractivity contribution < 1.29 is 14.2 Å². The Morgan fingerprint density at radius 1 is 0.871 bits per heavy atom. The van der Waals surface area contributed by atoms with Gasteiger partial charge >= 0.3 is 0 Å². The van der Waals surface area contributed by atoms with Crippen LogP contribution >= 0.6 is 0 Å². The number of methoxy groups -OCH3 is 2. The molecule has 4 heteroatoms. The lowest BCUT2D eigenvalue weighted by molar-refractivity contribution is 0.178. The quantitative estimate of drug-likeness (QED) is 0.443. The molecule has 1 heterocycles. The normalized spacial score (nSPS) is 18.9. The predicted molar refractivity (Wildman–Crippen MR) is 127 cm³/mol. The minimum atomic E-state index is 0.576. The van der Waals surface area contributed by atoms with Crippen molar-refractivity contribution in [1.82, 2.24) is 4.90 Å². The number of fused-ring (bicyclic) bond motifs is 6. The van der Waals surface area contributed by atoms with Crippen LogP contribution in [0.15, 0.2) is 30.3 Å². The number of hydrogen-bond acceptors (Lipinski definition) is 4. The maximum atomic E-state index is 6.14. The fourth-order valence-corrected chi connectivity index (χ4v) is 5.16. The Bertz CT molecular complexity index is 1120. The maximum Gasteiger partial charge on any atom is 0.161 e. The molecule has 1 fully saturated rings. The lowest BCUT2D eigenvalue weighted by Gasteiger charge is -2.37. The van der Waals surface area contributed by atoms with Crippen LogP contribution in [0.3, 0.4) is 0 Å². The summed E-state index contributed by atoms with van der Waals surface area (Å²) in [6.07, 6.45) is 4.83. The van der Waals surface area contributed by atoms with E-state index in [4.69, 9.17) is 14.2 Å². The first-order valence-corrected chi connectivity index (χ1v) is 11.7. The molecule has 1 aliphatic carbocycles. The molecule has 1 unspecified atom stereocenters. The van der Waals surface area contributed by atoms with Gasteiger partial charge in [-0.05, 0) is 95.1 Å². The molecular weight excluding hydrogens is 386 g/mol. The highest BCUT2D eigenvalue weighted by Gasteiger charge is 2.28. The van der Waals surface area contributed by atoms with Gasteiger partial charge in [0.05, 0.1) is 20.8 Å².